The molecule has 24 atom stereocenters. The van der Waals surface area contributed by atoms with Crippen LogP contribution >= 0.6 is 108 Å². The number of amides is 4. The number of rotatable bonds is 16. The van der Waals surface area contributed by atoms with Crippen molar-refractivity contribution in [2.75, 3.05) is 27.0 Å². The van der Waals surface area contributed by atoms with Crippen molar-refractivity contribution in [2.24, 2.45) is 114 Å². The van der Waals surface area contributed by atoms with Crippen molar-refractivity contribution < 1.29 is 73.5 Å². The van der Waals surface area contributed by atoms with Crippen LogP contribution in [0, 0.1) is 116 Å². The predicted molar refractivity (Wildman–Crippen MR) is 512 cm³/mol. The van der Waals surface area contributed by atoms with E-state index in [1.807, 2.05) is 11.0 Å². The fourth-order valence-electron chi connectivity index (χ4n) is 28.9. The molecular weight excluding hydrogens is 2130 g/mol. The summed E-state index contributed by atoms with van der Waals surface area (Å²) in [7, 11) is 0.628. The van der Waals surface area contributed by atoms with Crippen LogP contribution in [-0.4, -0.2) is 148 Å². The average molecular weight is 2270 g/mol. The molecule has 12 fully saturated rings. The fraction of sp³-hybridized carbons (Fsp3) is 0.740. The molecule has 0 radical (unpaired) electrons. The standard InChI is InChI=1S/C34H44N2O5.C26H42N2O3.C22H37NO3.C12H9NO2.CH2I2.CH3I.2HI.V/c1-32-15-12-24(37)19-22(32)8-10-29-28(32)13-16-33(2)21(11-17-34(29,33)40)7-9-23-20-25(41-35-23)14-18-36-30(38)26-5-3-4-6-27(26)31(36)39;1-24-11-8-20(29)15-18(24)4-6-23-22(24)9-12-25(2)17(7-13-26(23,25)30)3-5-19-16-21(10-14-27)31-28-19;1-20-10-8-17(24)14-16(20)5-6-19-18(20)9-11-21(2)15(4-3-13-23-26)7-12-22(19,21)25;1-2-3-8-13-11(14)9-6-4-5-7-10(9)12(13)15;2-1-3;1-2;;;/h3-6,20-22,24,28-29,37,40H,7-19H2,1-2H3;16-18,20,22-23,29-30H,3-15,27H2,1-2H3;13,15-19,24-26H,3-12,14H2,1-2H3;1,4-7H,3,8H2;1H2;1H3;2*1H;/q;;;;;;;;+2/p-2/b;;23-13+;;;;;;/t21-,22+,24-,28?,29?,32-,33+,34-;17-,18+,20-,22?,23?,24-,25+,26-;15-,16+,17-,18?,19?,20-,21+,22-;;;;;;/m000....../s1. The van der Waals surface area contributed by atoms with Crippen LogP contribution in [0.2, 0.25) is 0 Å². The van der Waals surface area contributed by atoms with Crippen LogP contribution in [-0.2, 0) is 35.1 Å². The molecule has 9 N–H and O–H groups in total. The van der Waals surface area contributed by atoms with Gasteiger partial charge in [0.05, 0.1) is 71.2 Å². The van der Waals surface area contributed by atoms with E-state index >= 15 is 0 Å². The summed E-state index contributed by atoms with van der Waals surface area (Å²) in [6, 6.07) is 17.8. The second kappa shape index (κ2) is 41.7. The number of terminal acetylenes is 1. The van der Waals surface area contributed by atoms with Gasteiger partial charge in [-0.1, -0.05) is 144 Å². The number of aliphatic hydroxyl groups is 6. The van der Waals surface area contributed by atoms with Crippen molar-refractivity contribution in [3.63, 3.8) is 0 Å². The second-order valence-electron chi connectivity index (χ2n) is 40.2. The van der Waals surface area contributed by atoms with Gasteiger partial charge in [-0.15, -0.1) is 17.5 Å². The number of fused-ring (bicyclic) bond motifs is 17. The number of aromatic nitrogens is 2. The van der Waals surface area contributed by atoms with Gasteiger partial charge < -0.3 is 50.6 Å². The van der Waals surface area contributed by atoms with Crippen LogP contribution in [0.1, 0.15) is 311 Å². The number of alkyl halides is 3. The molecule has 12 aliphatic carbocycles. The van der Waals surface area contributed by atoms with E-state index in [4.69, 9.17) is 26.4 Å². The van der Waals surface area contributed by atoms with E-state index in [0.29, 0.717) is 145 Å². The third-order valence-corrected chi connectivity index (χ3v) is 35.7. The monoisotopic (exact) mass is 2270 g/mol. The van der Waals surface area contributed by atoms with Gasteiger partial charge in [-0.05, 0) is 351 Å². The molecule has 18 rings (SSSR count). The molecule has 669 valence electrons. The molecule has 4 amide bonds. The minimum atomic E-state index is -0.605. The number of halogens is 5. The zero-order valence-electron chi connectivity index (χ0n) is 72.6. The Morgan fingerprint density at radius 1 is 0.496 bits per heavy atom. The van der Waals surface area contributed by atoms with Crippen molar-refractivity contribution in [3.05, 3.63) is 106 Å². The number of nitrogens with two attached hydrogens (primary N) is 1. The van der Waals surface area contributed by atoms with Gasteiger partial charge >= 0.3 is 49.4 Å². The average Bonchev–Trinajstić information content (AvgIpc) is 1.53. The molecule has 19 nitrogen and oxygen atoms in total. The minimum absolute atomic E-state index is 0.00877. The Morgan fingerprint density at radius 2 is 0.826 bits per heavy atom. The summed E-state index contributed by atoms with van der Waals surface area (Å²) in [6.07, 6.45) is 42.5. The van der Waals surface area contributed by atoms with E-state index in [9.17, 15) is 49.8 Å². The summed E-state index contributed by atoms with van der Waals surface area (Å²) in [4.78, 5) is 53.3. The van der Waals surface area contributed by atoms with Gasteiger partial charge in [0, 0.05) is 50.7 Å². The molecule has 2 aromatic heterocycles. The van der Waals surface area contributed by atoms with Crippen LogP contribution in [0.5, 0.6) is 0 Å². The van der Waals surface area contributed by atoms with E-state index in [0.717, 1.165) is 203 Å². The Labute approximate surface area is 790 Å². The number of oxime groups is 1. The van der Waals surface area contributed by atoms with Gasteiger partial charge in [0.2, 0.25) is 0 Å². The Hall–Kier alpha value is -1.88. The molecule has 4 aromatic rings. The maximum absolute atomic E-state index is 12.7. The first-order valence-electron chi connectivity index (χ1n) is 45.6. The van der Waals surface area contributed by atoms with Crippen molar-refractivity contribution >= 4 is 138 Å². The second-order valence-corrected chi connectivity index (χ2v) is 56.4. The molecule has 14 aliphatic rings. The molecular formula is C96H137I5N6O13V. The summed E-state index contributed by atoms with van der Waals surface area (Å²) < 4.78 is 12.2. The SMILES string of the molecule is C#CCCN1C(=O)c2ccccc2C1=O.CI.C[C@]12CC[C@H](O)C[C@H]1CCC1C2CC[C@]2(C)[C@@H](CC/C=N/O)CC[C@]12O.C[C@]12CC[C@H](O)C[C@H]1CCC1C2CC[C@]2(C)[C@@H](CCc3cc(CCN)on3)CC[C@]12O.C[C@]12CC[C@H](O)C[C@H]1CCC1C2CC[C@]2(C)[C@@H](CCc3cc(CCN4C(=O)c5ccccc5C4=O)on3)CC[C@]12O.ICI.[I][V][I]. The van der Waals surface area contributed by atoms with Crippen LogP contribution in [0.3, 0.4) is 0 Å². The molecule has 0 saturated heterocycles. The summed E-state index contributed by atoms with van der Waals surface area (Å²) in [5.74, 6) is 9.42. The molecule has 0 bridgehead atoms. The molecule has 25 heteroatoms. The number of hydrogen-bond acceptors (Lipinski definition) is 17. The Bertz CT molecular complexity index is 4190. The number of carbonyl (C=O) groups excluding carboxylic acids is 4. The van der Waals surface area contributed by atoms with E-state index in [2.05, 4.69) is 177 Å². The maximum atomic E-state index is 12.7. The number of hydrogen-bond donors (Lipinski definition) is 8. The third kappa shape index (κ3) is 19.1. The van der Waals surface area contributed by atoms with Crippen molar-refractivity contribution in [2.45, 2.75) is 308 Å². The number of imide groups is 2. The molecule has 4 heterocycles. The van der Waals surface area contributed by atoms with Crippen LogP contribution in [0.4, 0.5) is 0 Å². The summed E-state index contributed by atoms with van der Waals surface area (Å²) >= 11 is 11.4. The molecule has 12 saturated carbocycles. The molecule has 2 aliphatic heterocycles. The topological polar surface area (TPSA) is 307 Å². The summed E-state index contributed by atoms with van der Waals surface area (Å²) in [5.41, 5.74) is 8.59. The van der Waals surface area contributed by atoms with Gasteiger partial charge in [0.25, 0.3) is 23.6 Å². The van der Waals surface area contributed by atoms with Gasteiger partial charge in [0.1, 0.15) is 11.5 Å². The van der Waals surface area contributed by atoms with Gasteiger partial charge in [-0.2, -0.15) is 0 Å². The first kappa shape index (κ1) is 98.2. The van der Waals surface area contributed by atoms with E-state index in [-0.39, 0.29) is 70.1 Å². The Kier molecular flexibility index (Phi) is 33.8. The molecule has 6 unspecified atom stereocenters. The van der Waals surface area contributed by atoms with Gasteiger partial charge in [0.15, 0.2) is 0 Å². The van der Waals surface area contributed by atoms with Crippen molar-refractivity contribution in [1.29, 1.82) is 0 Å². The third-order valence-electron chi connectivity index (χ3n) is 35.7. The quantitative estimate of drug-likeness (QED) is 0.00983. The summed E-state index contributed by atoms with van der Waals surface area (Å²) in [6.45, 7) is 15.7. The first-order chi connectivity index (χ1) is 57.9. The number of carbonyl (C=O) groups is 4. The summed E-state index contributed by atoms with van der Waals surface area (Å²) in [5, 5.41) is 87.9. The van der Waals surface area contributed by atoms with E-state index < -0.39 is 16.8 Å². The number of benzene rings is 2. The predicted octanol–water partition coefficient (Wildman–Crippen LogP) is 20.1. The number of nitrogens with zero attached hydrogens (tertiary/aromatic N) is 5. The van der Waals surface area contributed by atoms with Crippen molar-refractivity contribution in [3.8, 4) is 12.3 Å². The normalized spacial score (nSPS) is 39.1. The fourth-order valence-corrected chi connectivity index (χ4v) is 28.9. The molecule has 0 spiro atoms. The molecule has 121 heavy (non-hydrogen) atoms. The van der Waals surface area contributed by atoms with Crippen molar-refractivity contribution in [1.82, 2.24) is 20.1 Å². The number of aryl methyl sites for hydroxylation is 2. The van der Waals surface area contributed by atoms with Crippen LogP contribution in [0.25, 0.3) is 0 Å². The van der Waals surface area contributed by atoms with E-state index in [1.165, 1.54) is 44.3 Å². The van der Waals surface area contributed by atoms with E-state index in [1.54, 1.807) is 54.7 Å². The van der Waals surface area contributed by atoms with Crippen LogP contribution in [0.15, 0.2) is 74.9 Å². The molecule has 2 aromatic carbocycles. The zero-order chi connectivity index (χ0) is 87.3. The van der Waals surface area contributed by atoms with Gasteiger partial charge in [-0.25, -0.2) is 0 Å². The Balaban J connectivity index is 0.000000150. The Morgan fingerprint density at radius 3 is 1.16 bits per heavy atom. The van der Waals surface area contributed by atoms with Gasteiger partial charge in [-0.3, -0.25) is 29.0 Å². The zero-order valence-corrected chi connectivity index (χ0v) is 84.8. The number of aliphatic hydroxyl groups excluding tert-OH is 3. The first-order valence-corrected chi connectivity index (χ1v) is 59.8. The van der Waals surface area contributed by atoms with Crippen LogP contribution < -0.4 is 5.73 Å².